The Morgan fingerprint density at radius 2 is 1.86 bits per heavy atom. The normalized spacial score (nSPS) is 12.7. The van der Waals surface area contributed by atoms with Crippen molar-refractivity contribution in [2.24, 2.45) is 17.6 Å². The summed E-state index contributed by atoms with van der Waals surface area (Å²) >= 11 is 4.99. The maximum Gasteiger partial charge on any atom is 0.122 e. The van der Waals surface area contributed by atoms with Crippen molar-refractivity contribution in [3.8, 4) is 5.75 Å². The zero-order chi connectivity index (χ0) is 16.0. The number of hydrogen-bond acceptors (Lipinski definition) is 2. The van der Waals surface area contributed by atoms with Crippen molar-refractivity contribution in [2.45, 2.75) is 53.4 Å². The first-order valence-corrected chi connectivity index (χ1v) is 8.24. The average molecular weight is 308 g/mol. The number of benzene rings is 1. The van der Waals surface area contributed by atoms with Gasteiger partial charge in [0.25, 0.3) is 0 Å². The molecule has 0 bridgehead atoms. The minimum absolute atomic E-state index is 0.456. The fourth-order valence-corrected chi connectivity index (χ4v) is 2.67. The molecule has 0 aliphatic heterocycles. The lowest BCUT2D eigenvalue weighted by atomic mass is 9.93. The second-order valence-corrected chi connectivity index (χ2v) is 7.24. The quantitative estimate of drug-likeness (QED) is 0.707. The molecule has 0 radical (unpaired) electrons. The van der Waals surface area contributed by atoms with Gasteiger partial charge in [-0.1, -0.05) is 59.0 Å². The monoisotopic (exact) mass is 307 g/mol. The van der Waals surface area contributed by atoms with Gasteiger partial charge in [-0.2, -0.15) is 0 Å². The highest BCUT2D eigenvalue weighted by atomic mass is 32.1. The Labute approximate surface area is 135 Å². The highest BCUT2D eigenvalue weighted by Crippen LogP contribution is 2.29. The fourth-order valence-electron chi connectivity index (χ4n) is 2.38. The van der Waals surface area contributed by atoms with E-state index in [2.05, 4.69) is 52.8 Å². The molecule has 0 aliphatic carbocycles. The van der Waals surface area contributed by atoms with Crippen molar-refractivity contribution in [3.05, 3.63) is 29.3 Å². The van der Waals surface area contributed by atoms with Gasteiger partial charge >= 0.3 is 0 Å². The van der Waals surface area contributed by atoms with Crippen LogP contribution < -0.4 is 10.5 Å². The summed E-state index contributed by atoms with van der Waals surface area (Å²) in [6.07, 6.45) is 1.81. The average Bonchev–Trinajstić information content (AvgIpc) is 2.35. The van der Waals surface area contributed by atoms with E-state index in [0.29, 0.717) is 22.7 Å². The summed E-state index contributed by atoms with van der Waals surface area (Å²) in [6.45, 7) is 11.7. The Hall–Kier alpha value is -1.09. The molecule has 1 rings (SSSR count). The molecule has 21 heavy (non-hydrogen) atoms. The summed E-state index contributed by atoms with van der Waals surface area (Å²) in [5.41, 5.74) is 8.25. The van der Waals surface area contributed by atoms with Gasteiger partial charge in [-0.15, -0.1) is 0 Å². The van der Waals surface area contributed by atoms with E-state index in [9.17, 15) is 0 Å². The Balaban J connectivity index is 2.84. The lowest BCUT2D eigenvalue weighted by molar-refractivity contribution is 0.267. The molecule has 2 nitrogen and oxygen atoms in total. The number of thiocarbonyl (C=S) groups is 1. The molecule has 0 saturated heterocycles. The molecule has 0 saturated carbocycles. The summed E-state index contributed by atoms with van der Waals surface area (Å²) < 4.78 is 5.94. The van der Waals surface area contributed by atoms with E-state index in [4.69, 9.17) is 22.7 Å². The topological polar surface area (TPSA) is 35.2 Å². The predicted molar refractivity (Wildman–Crippen MR) is 95.1 cm³/mol. The van der Waals surface area contributed by atoms with E-state index in [1.165, 1.54) is 11.1 Å². The van der Waals surface area contributed by atoms with Crippen LogP contribution in [0.5, 0.6) is 5.75 Å². The molecule has 3 heteroatoms. The lowest BCUT2D eigenvalue weighted by Crippen LogP contribution is -2.14. The van der Waals surface area contributed by atoms with Crippen LogP contribution in [0.3, 0.4) is 0 Å². The number of nitrogens with two attached hydrogens (primary N) is 1. The highest BCUT2D eigenvalue weighted by Gasteiger charge is 2.12. The van der Waals surface area contributed by atoms with Gasteiger partial charge in [0.05, 0.1) is 11.6 Å². The van der Waals surface area contributed by atoms with Crippen LogP contribution in [0.2, 0.25) is 0 Å². The summed E-state index contributed by atoms with van der Waals surface area (Å²) in [5.74, 6) is 2.49. The molecule has 118 valence electrons. The summed E-state index contributed by atoms with van der Waals surface area (Å²) in [5, 5.41) is 0. The van der Waals surface area contributed by atoms with Crippen LogP contribution in [0.15, 0.2) is 18.2 Å². The number of rotatable bonds is 8. The second kappa shape index (κ2) is 8.38. The molecular weight excluding hydrogens is 278 g/mol. The fraction of sp³-hybridized carbons (Fsp3) is 0.611. The molecule has 0 spiro atoms. The Morgan fingerprint density at radius 1 is 1.19 bits per heavy atom. The van der Waals surface area contributed by atoms with Crippen molar-refractivity contribution in [3.63, 3.8) is 0 Å². The molecule has 0 heterocycles. The van der Waals surface area contributed by atoms with Gasteiger partial charge < -0.3 is 10.5 Å². The minimum atomic E-state index is 0.456. The zero-order valence-corrected chi connectivity index (χ0v) is 14.8. The third-order valence-corrected chi connectivity index (χ3v) is 3.57. The largest absolute Gasteiger partial charge is 0.493 e. The van der Waals surface area contributed by atoms with E-state index in [1.807, 2.05) is 0 Å². The van der Waals surface area contributed by atoms with Crippen molar-refractivity contribution < 1.29 is 4.74 Å². The maximum absolute atomic E-state index is 5.94. The second-order valence-electron chi connectivity index (χ2n) is 6.71. The molecule has 0 aromatic heterocycles. The summed E-state index contributed by atoms with van der Waals surface area (Å²) in [7, 11) is 0. The molecule has 0 amide bonds. The molecule has 1 aromatic rings. The lowest BCUT2D eigenvalue weighted by Gasteiger charge is -2.18. The van der Waals surface area contributed by atoms with Gasteiger partial charge in [0.15, 0.2) is 0 Å². The van der Waals surface area contributed by atoms with Gasteiger partial charge in [-0.05, 0) is 41.4 Å². The first-order chi connectivity index (χ1) is 9.79. The van der Waals surface area contributed by atoms with Crippen LogP contribution in [-0.4, -0.2) is 11.6 Å². The SMILES string of the molecule is CC(C)COc1ccc(CC(C)CC(N)=S)cc1C(C)C. The Bertz CT molecular complexity index is 468. The van der Waals surface area contributed by atoms with E-state index < -0.39 is 0 Å². The van der Waals surface area contributed by atoms with Gasteiger partial charge in [-0.25, -0.2) is 0 Å². The van der Waals surface area contributed by atoms with Crippen LogP contribution in [0.4, 0.5) is 0 Å². The van der Waals surface area contributed by atoms with E-state index in [1.54, 1.807) is 0 Å². The molecule has 1 aromatic carbocycles. The third kappa shape index (κ3) is 6.47. The Morgan fingerprint density at radius 3 is 2.38 bits per heavy atom. The van der Waals surface area contributed by atoms with Gasteiger partial charge in [-0.3, -0.25) is 0 Å². The van der Waals surface area contributed by atoms with Crippen molar-refractivity contribution in [1.29, 1.82) is 0 Å². The van der Waals surface area contributed by atoms with Crippen molar-refractivity contribution in [1.82, 2.24) is 0 Å². The summed E-state index contributed by atoms with van der Waals surface area (Å²) in [4.78, 5) is 0.600. The van der Waals surface area contributed by atoms with Crippen LogP contribution in [0, 0.1) is 11.8 Å². The Kier molecular flexibility index (Phi) is 7.16. The number of hydrogen-bond donors (Lipinski definition) is 1. The molecule has 1 unspecified atom stereocenters. The number of ether oxygens (including phenoxy) is 1. The molecule has 0 fully saturated rings. The molecule has 0 aliphatic rings. The van der Waals surface area contributed by atoms with Gasteiger partial charge in [0.1, 0.15) is 5.75 Å². The minimum Gasteiger partial charge on any atom is -0.493 e. The first-order valence-electron chi connectivity index (χ1n) is 7.83. The van der Waals surface area contributed by atoms with Crippen LogP contribution in [-0.2, 0) is 6.42 Å². The van der Waals surface area contributed by atoms with E-state index in [-0.39, 0.29) is 0 Å². The third-order valence-electron chi connectivity index (χ3n) is 3.40. The van der Waals surface area contributed by atoms with Gasteiger partial charge in [0.2, 0.25) is 0 Å². The predicted octanol–water partition coefficient (Wildman–Crippen LogP) is 4.70. The first kappa shape index (κ1) is 18.0. The van der Waals surface area contributed by atoms with Crippen molar-refractivity contribution in [2.75, 3.05) is 6.61 Å². The van der Waals surface area contributed by atoms with Gasteiger partial charge in [0, 0.05) is 6.42 Å². The zero-order valence-electron chi connectivity index (χ0n) is 14.0. The maximum atomic E-state index is 5.94. The highest BCUT2D eigenvalue weighted by molar-refractivity contribution is 7.80. The summed E-state index contributed by atoms with van der Waals surface area (Å²) in [6, 6.07) is 6.55. The van der Waals surface area contributed by atoms with Crippen LogP contribution >= 0.6 is 12.2 Å². The van der Waals surface area contributed by atoms with E-state index in [0.717, 1.165) is 25.2 Å². The van der Waals surface area contributed by atoms with Crippen LogP contribution in [0.1, 0.15) is 58.1 Å². The van der Waals surface area contributed by atoms with Crippen LogP contribution in [0.25, 0.3) is 0 Å². The van der Waals surface area contributed by atoms with E-state index >= 15 is 0 Å². The van der Waals surface area contributed by atoms with Crippen molar-refractivity contribution >= 4 is 17.2 Å². The smallest absolute Gasteiger partial charge is 0.122 e. The molecule has 1 atom stereocenters. The molecular formula is C18H29NOS. The molecule has 2 N–H and O–H groups in total. The standard InChI is InChI=1S/C18H29NOS/c1-12(2)11-20-17-7-6-15(10-16(17)13(3)4)8-14(5)9-18(19)21/h6-7,10,12-14H,8-9,11H2,1-5H3,(H2,19,21).